The highest BCUT2D eigenvalue weighted by molar-refractivity contribution is 5.60. The van der Waals surface area contributed by atoms with Crippen LogP contribution in [0, 0.1) is 10.1 Å². The van der Waals surface area contributed by atoms with Crippen LogP contribution < -0.4 is 5.32 Å². The fraction of sp³-hybridized carbons (Fsp3) is 0.250. The highest BCUT2D eigenvalue weighted by Crippen LogP contribution is 2.32. The Hall–Kier alpha value is -3.15. The highest BCUT2D eigenvalue weighted by atomic mass is 16.6. The monoisotopic (exact) mass is 348 g/mol. The van der Waals surface area contributed by atoms with Gasteiger partial charge in [0.1, 0.15) is 11.5 Å². The number of rotatable bonds is 4. The molecule has 0 amide bonds. The molecule has 6 heteroatoms. The van der Waals surface area contributed by atoms with E-state index in [0.29, 0.717) is 5.69 Å². The number of nitrogens with zero attached hydrogens (tertiary/aromatic N) is 3. The lowest BCUT2D eigenvalue weighted by Gasteiger charge is -2.09. The zero-order chi connectivity index (χ0) is 17.9. The Morgan fingerprint density at radius 3 is 2.65 bits per heavy atom. The molecule has 1 N–H and O–H groups in total. The number of aromatic nitrogens is 2. The Bertz CT molecular complexity index is 934. The van der Waals surface area contributed by atoms with E-state index < -0.39 is 0 Å². The molecule has 0 saturated heterocycles. The predicted octanol–water partition coefficient (Wildman–Crippen LogP) is 4.12. The smallest absolute Gasteiger partial charge is 0.294 e. The normalized spacial score (nSPS) is 13.5. The maximum atomic E-state index is 11.5. The van der Waals surface area contributed by atoms with Gasteiger partial charge in [0.05, 0.1) is 10.6 Å². The Labute approximate surface area is 151 Å². The average Bonchev–Trinajstić information content (AvgIpc) is 2.83. The molecule has 0 unspecified atom stereocenters. The van der Waals surface area contributed by atoms with Crippen molar-refractivity contribution in [3.05, 3.63) is 81.5 Å². The zero-order valence-corrected chi connectivity index (χ0v) is 14.4. The van der Waals surface area contributed by atoms with E-state index >= 15 is 0 Å². The van der Waals surface area contributed by atoms with Crippen LogP contribution in [0.5, 0.6) is 0 Å². The Morgan fingerprint density at radius 1 is 1.08 bits per heavy atom. The summed E-state index contributed by atoms with van der Waals surface area (Å²) in [4.78, 5) is 11.1. The van der Waals surface area contributed by atoms with Gasteiger partial charge in [-0.3, -0.25) is 10.1 Å². The summed E-state index contributed by atoms with van der Waals surface area (Å²) in [7, 11) is 0. The molecule has 1 aliphatic rings. The summed E-state index contributed by atoms with van der Waals surface area (Å²) in [6.07, 6.45) is 3.82. The van der Waals surface area contributed by atoms with Crippen molar-refractivity contribution in [3.8, 4) is 5.69 Å². The predicted molar refractivity (Wildman–Crippen MR) is 101 cm³/mol. The summed E-state index contributed by atoms with van der Waals surface area (Å²) >= 11 is 0. The number of hydrogen-bond acceptors (Lipinski definition) is 4. The Kier molecular flexibility index (Phi) is 4.39. The van der Waals surface area contributed by atoms with Gasteiger partial charge in [-0.15, -0.1) is 0 Å². The van der Waals surface area contributed by atoms with Crippen LogP contribution in [-0.4, -0.2) is 21.2 Å². The second-order valence-corrected chi connectivity index (χ2v) is 6.48. The molecule has 0 bridgehead atoms. The highest BCUT2D eigenvalue weighted by Gasteiger charge is 2.24. The second-order valence-electron chi connectivity index (χ2n) is 6.48. The third-order valence-electron chi connectivity index (χ3n) is 4.73. The van der Waals surface area contributed by atoms with Crippen molar-refractivity contribution in [2.24, 2.45) is 0 Å². The molecule has 0 fully saturated rings. The van der Waals surface area contributed by atoms with Crippen LogP contribution in [0.1, 0.15) is 29.7 Å². The molecule has 6 nitrogen and oxygen atoms in total. The lowest BCUT2D eigenvalue weighted by atomic mass is 10.0. The fourth-order valence-electron chi connectivity index (χ4n) is 3.48. The molecule has 2 aromatic carbocycles. The van der Waals surface area contributed by atoms with Crippen molar-refractivity contribution in [3.63, 3.8) is 0 Å². The van der Waals surface area contributed by atoms with Gasteiger partial charge in [-0.2, -0.15) is 5.10 Å². The minimum Gasteiger partial charge on any atom is -0.370 e. The van der Waals surface area contributed by atoms with Crippen molar-refractivity contribution < 1.29 is 4.92 Å². The molecule has 0 aliphatic carbocycles. The van der Waals surface area contributed by atoms with Crippen LogP contribution in [0.4, 0.5) is 11.5 Å². The first kappa shape index (κ1) is 16.3. The number of para-hydroxylation sites is 2. The molecular formula is C20H20N4O2. The number of benzene rings is 2. The number of nitrogens with one attached hydrogen (secondary N) is 1. The molecule has 0 radical (unpaired) electrons. The van der Waals surface area contributed by atoms with Crippen LogP contribution >= 0.6 is 0 Å². The standard InChI is InChI=1S/C20H20N4O2/c25-24(26)19-12-5-4-11-18(19)23-20-16(10-6-7-13-21-20)17(22-23)14-15-8-2-1-3-9-15/h1-5,8-9,11-12,21H,6-7,10,13-14H2. The van der Waals surface area contributed by atoms with Gasteiger partial charge < -0.3 is 5.32 Å². The molecule has 0 saturated carbocycles. The molecule has 132 valence electrons. The summed E-state index contributed by atoms with van der Waals surface area (Å²) in [5.74, 6) is 0.891. The van der Waals surface area contributed by atoms with E-state index in [1.54, 1.807) is 16.8 Å². The number of hydrogen-bond donors (Lipinski definition) is 1. The van der Waals surface area contributed by atoms with Crippen molar-refractivity contribution >= 4 is 11.5 Å². The van der Waals surface area contributed by atoms with E-state index in [-0.39, 0.29) is 10.6 Å². The Morgan fingerprint density at radius 2 is 1.85 bits per heavy atom. The lowest BCUT2D eigenvalue weighted by Crippen LogP contribution is -2.08. The summed E-state index contributed by atoms with van der Waals surface area (Å²) < 4.78 is 1.72. The third-order valence-corrected chi connectivity index (χ3v) is 4.73. The van der Waals surface area contributed by atoms with Gasteiger partial charge in [-0.25, -0.2) is 4.68 Å². The van der Waals surface area contributed by atoms with Gasteiger partial charge >= 0.3 is 0 Å². The lowest BCUT2D eigenvalue weighted by molar-refractivity contribution is -0.384. The van der Waals surface area contributed by atoms with E-state index in [9.17, 15) is 10.1 Å². The molecule has 1 aliphatic heterocycles. The summed E-state index contributed by atoms with van der Waals surface area (Å²) in [6.45, 7) is 0.851. The Balaban J connectivity index is 1.84. The second kappa shape index (κ2) is 7.00. The van der Waals surface area contributed by atoms with Crippen molar-refractivity contribution in [1.29, 1.82) is 0 Å². The number of nitro groups is 1. The van der Waals surface area contributed by atoms with E-state index in [4.69, 9.17) is 5.10 Å². The van der Waals surface area contributed by atoms with Gasteiger partial charge in [0.15, 0.2) is 0 Å². The molecule has 0 atom stereocenters. The molecule has 4 rings (SSSR count). The summed E-state index contributed by atoms with van der Waals surface area (Å²) in [5.41, 5.74) is 3.91. The largest absolute Gasteiger partial charge is 0.370 e. The first-order chi connectivity index (χ1) is 12.7. The number of fused-ring (bicyclic) bond motifs is 1. The fourth-order valence-corrected chi connectivity index (χ4v) is 3.48. The van der Waals surface area contributed by atoms with Crippen LogP contribution in [0.25, 0.3) is 5.69 Å². The minimum atomic E-state index is -0.350. The molecule has 3 aromatic rings. The van der Waals surface area contributed by atoms with E-state index in [0.717, 1.165) is 43.7 Å². The van der Waals surface area contributed by atoms with Gasteiger partial charge in [-0.1, -0.05) is 42.5 Å². The van der Waals surface area contributed by atoms with E-state index in [2.05, 4.69) is 17.4 Å². The van der Waals surface area contributed by atoms with Crippen molar-refractivity contribution in [2.75, 3.05) is 11.9 Å². The van der Waals surface area contributed by atoms with Crippen LogP contribution in [0.2, 0.25) is 0 Å². The first-order valence-electron chi connectivity index (χ1n) is 8.86. The first-order valence-corrected chi connectivity index (χ1v) is 8.86. The van der Waals surface area contributed by atoms with Gasteiger partial charge in [-0.05, 0) is 30.9 Å². The number of nitro benzene ring substituents is 1. The quantitative estimate of drug-likeness (QED) is 0.568. The zero-order valence-electron chi connectivity index (χ0n) is 14.4. The number of anilines is 1. The van der Waals surface area contributed by atoms with E-state index in [1.165, 1.54) is 17.2 Å². The molecular weight excluding hydrogens is 328 g/mol. The van der Waals surface area contributed by atoms with Gasteiger partial charge in [0.25, 0.3) is 5.69 Å². The third kappa shape index (κ3) is 3.06. The molecule has 26 heavy (non-hydrogen) atoms. The van der Waals surface area contributed by atoms with Crippen LogP contribution in [0.3, 0.4) is 0 Å². The van der Waals surface area contributed by atoms with Crippen molar-refractivity contribution in [1.82, 2.24) is 9.78 Å². The topological polar surface area (TPSA) is 73.0 Å². The summed E-state index contributed by atoms with van der Waals surface area (Å²) in [6, 6.07) is 17.0. The maximum absolute atomic E-state index is 11.5. The van der Waals surface area contributed by atoms with E-state index in [1.807, 2.05) is 24.3 Å². The average molecular weight is 348 g/mol. The van der Waals surface area contributed by atoms with Gasteiger partial charge in [0, 0.05) is 24.6 Å². The molecule has 2 heterocycles. The molecule has 1 aromatic heterocycles. The van der Waals surface area contributed by atoms with Crippen LogP contribution in [0.15, 0.2) is 54.6 Å². The SMILES string of the molecule is O=[N+]([O-])c1ccccc1-n1nc(Cc2ccccc2)c2c1NCCCC2. The molecule has 0 spiro atoms. The minimum absolute atomic E-state index is 0.0649. The van der Waals surface area contributed by atoms with Crippen molar-refractivity contribution in [2.45, 2.75) is 25.7 Å². The maximum Gasteiger partial charge on any atom is 0.294 e. The van der Waals surface area contributed by atoms with Gasteiger partial charge in [0.2, 0.25) is 0 Å². The van der Waals surface area contributed by atoms with Crippen LogP contribution in [-0.2, 0) is 12.8 Å². The summed E-state index contributed by atoms with van der Waals surface area (Å²) in [5, 5.41) is 19.7.